The summed E-state index contributed by atoms with van der Waals surface area (Å²) < 4.78 is 14.4. The number of nitrogens with one attached hydrogen (secondary N) is 1. The minimum absolute atomic E-state index is 0.138. The molecule has 6 heteroatoms. The van der Waals surface area contributed by atoms with Crippen molar-refractivity contribution in [3.8, 4) is 0 Å². The first-order chi connectivity index (χ1) is 12.2. The molecule has 1 unspecified atom stereocenters. The van der Waals surface area contributed by atoms with Crippen LogP contribution in [0, 0.1) is 0 Å². The van der Waals surface area contributed by atoms with E-state index in [1.165, 1.54) is 19.3 Å². The minimum Gasteiger partial charge on any atom is -0.348 e. The molecule has 2 saturated heterocycles. The second kappa shape index (κ2) is 6.75. The van der Waals surface area contributed by atoms with Gasteiger partial charge in [0.2, 0.25) is 0 Å². The Morgan fingerprint density at radius 1 is 1.28 bits per heavy atom. The van der Waals surface area contributed by atoms with Crippen molar-refractivity contribution in [2.75, 3.05) is 13.7 Å². The summed E-state index contributed by atoms with van der Waals surface area (Å²) in [6, 6.07) is 8.88. The zero-order valence-electron chi connectivity index (χ0n) is 14.6. The van der Waals surface area contributed by atoms with Gasteiger partial charge in [0, 0.05) is 23.5 Å². The van der Waals surface area contributed by atoms with Gasteiger partial charge >= 0.3 is 0 Å². The molecule has 1 N–H and O–H groups in total. The van der Waals surface area contributed by atoms with E-state index in [4.69, 9.17) is 0 Å². The highest BCUT2D eigenvalue weighted by Crippen LogP contribution is 2.32. The van der Waals surface area contributed by atoms with Crippen LogP contribution in [0.2, 0.25) is 0 Å². The van der Waals surface area contributed by atoms with Crippen molar-refractivity contribution < 1.29 is 9.18 Å². The zero-order chi connectivity index (χ0) is 17.4. The number of carbonyl (C=O) groups excluding carboxylic acids is 1. The summed E-state index contributed by atoms with van der Waals surface area (Å²) in [6.07, 6.45) is 5.73. The monoisotopic (exact) mass is 344 g/mol. The molecule has 0 saturated carbocycles. The summed E-state index contributed by atoms with van der Waals surface area (Å²) >= 11 is 0. The molecular formula is C19H25FN4O. The number of aryl methyl sites for hydroxylation is 1. The summed E-state index contributed by atoms with van der Waals surface area (Å²) in [5, 5.41) is 8.38. The number of hydrogen-bond donors (Lipinski definition) is 1. The van der Waals surface area contributed by atoms with E-state index in [0.29, 0.717) is 17.8 Å². The van der Waals surface area contributed by atoms with Gasteiger partial charge in [-0.2, -0.15) is 5.10 Å². The van der Waals surface area contributed by atoms with Crippen LogP contribution in [0.15, 0.2) is 24.3 Å². The standard InChI is InChI=1S/C19H25FN4O/c1-23-14-5-4-6-15(23)12-13(11-14)21-19(25)18-16-7-2-3-8-17(16)24(22-18)10-9-20/h2-3,7-8,13-15H,4-6,9-12H2,1H3,(H,21,25)/t13?,14-,15+. The molecular weight excluding hydrogens is 319 g/mol. The highest BCUT2D eigenvalue weighted by Gasteiger charge is 2.36. The first kappa shape index (κ1) is 16.5. The second-order valence-electron chi connectivity index (χ2n) is 7.32. The van der Waals surface area contributed by atoms with Crippen molar-refractivity contribution in [3.05, 3.63) is 30.0 Å². The van der Waals surface area contributed by atoms with Gasteiger partial charge in [-0.3, -0.25) is 9.48 Å². The predicted octanol–water partition coefficient (Wildman–Crippen LogP) is 2.75. The van der Waals surface area contributed by atoms with Gasteiger partial charge < -0.3 is 10.2 Å². The molecule has 134 valence electrons. The summed E-state index contributed by atoms with van der Waals surface area (Å²) in [7, 11) is 2.21. The Hall–Kier alpha value is -1.95. The normalized spacial score (nSPS) is 26.7. The number of para-hydroxylation sites is 1. The number of amides is 1. The molecule has 3 atom stereocenters. The van der Waals surface area contributed by atoms with Crippen LogP contribution in [0.5, 0.6) is 0 Å². The average Bonchev–Trinajstić information content (AvgIpc) is 2.95. The van der Waals surface area contributed by atoms with E-state index in [9.17, 15) is 9.18 Å². The Labute approximate surface area is 147 Å². The fourth-order valence-corrected chi connectivity index (χ4v) is 4.53. The van der Waals surface area contributed by atoms with Gasteiger partial charge in [-0.05, 0) is 38.8 Å². The molecule has 2 aromatic rings. The Bertz CT molecular complexity index is 760. The van der Waals surface area contributed by atoms with Crippen LogP contribution < -0.4 is 5.32 Å². The third-order valence-electron chi connectivity index (χ3n) is 5.84. The SMILES string of the molecule is CN1[C@@H]2CCC[C@H]1CC(NC(=O)c1nn(CCF)c3ccccc13)C2. The van der Waals surface area contributed by atoms with Gasteiger partial charge in [-0.1, -0.05) is 24.6 Å². The fraction of sp³-hybridized carbons (Fsp3) is 0.579. The Balaban J connectivity index is 1.54. The maximum atomic E-state index is 12.9. The third kappa shape index (κ3) is 3.03. The number of halogens is 1. The second-order valence-corrected chi connectivity index (χ2v) is 7.32. The number of rotatable bonds is 4. The lowest BCUT2D eigenvalue weighted by Crippen LogP contribution is -2.55. The van der Waals surface area contributed by atoms with Crippen molar-refractivity contribution in [2.45, 2.75) is 56.8 Å². The van der Waals surface area contributed by atoms with E-state index in [1.54, 1.807) is 4.68 Å². The zero-order valence-corrected chi connectivity index (χ0v) is 14.6. The number of aromatic nitrogens is 2. The number of nitrogens with zero attached hydrogens (tertiary/aromatic N) is 3. The molecule has 5 nitrogen and oxygen atoms in total. The minimum atomic E-state index is -0.495. The van der Waals surface area contributed by atoms with Crippen molar-refractivity contribution in [1.82, 2.24) is 20.0 Å². The van der Waals surface area contributed by atoms with Crippen molar-refractivity contribution in [2.24, 2.45) is 0 Å². The van der Waals surface area contributed by atoms with Gasteiger partial charge in [0.15, 0.2) is 5.69 Å². The van der Waals surface area contributed by atoms with Crippen LogP contribution in [-0.4, -0.2) is 52.4 Å². The number of hydrogen-bond acceptors (Lipinski definition) is 3. The van der Waals surface area contributed by atoms with Crippen molar-refractivity contribution >= 4 is 16.8 Å². The molecule has 4 rings (SSSR count). The molecule has 2 fully saturated rings. The molecule has 2 bridgehead atoms. The lowest BCUT2D eigenvalue weighted by atomic mass is 9.82. The van der Waals surface area contributed by atoms with Gasteiger partial charge in [-0.15, -0.1) is 0 Å². The Morgan fingerprint density at radius 3 is 2.72 bits per heavy atom. The van der Waals surface area contributed by atoms with E-state index < -0.39 is 6.67 Å². The topological polar surface area (TPSA) is 50.2 Å². The van der Waals surface area contributed by atoms with Crippen LogP contribution in [0.3, 0.4) is 0 Å². The van der Waals surface area contributed by atoms with E-state index in [1.807, 2.05) is 24.3 Å². The smallest absolute Gasteiger partial charge is 0.272 e. The fourth-order valence-electron chi connectivity index (χ4n) is 4.53. The molecule has 0 aliphatic carbocycles. The lowest BCUT2D eigenvalue weighted by Gasteiger charge is -2.47. The third-order valence-corrected chi connectivity index (χ3v) is 5.84. The van der Waals surface area contributed by atoms with E-state index in [-0.39, 0.29) is 18.5 Å². The maximum absolute atomic E-state index is 12.9. The first-order valence-corrected chi connectivity index (χ1v) is 9.21. The predicted molar refractivity (Wildman–Crippen MR) is 95.4 cm³/mol. The number of carbonyl (C=O) groups is 1. The summed E-state index contributed by atoms with van der Waals surface area (Å²) in [5.41, 5.74) is 1.22. The van der Waals surface area contributed by atoms with E-state index >= 15 is 0 Å². The first-order valence-electron chi connectivity index (χ1n) is 9.21. The highest BCUT2D eigenvalue weighted by molar-refractivity contribution is 6.05. The molecule has 0 radical (unpaired) electrons. The van der Waals surface area contributed by atoms with Gasteiger partial charge in [0.25, 0.3) is 5.91 Å². The quantitative estimate of drug-likeness (QED) is 0.928. The Morgan fingerprint density at radius 2 is 2.00 bits per heavy atom. The van der Waals surface area contributed by atoms with Crippen LogP contribution in [0.4, 0.5) is 4.39 Å². The van der Waals surface area contributed by atoms with E-state index in [0.717, 1.165) is 23.7 Å². The largest absolute Gasteiger partial charge is 0.348 e. The summed E-state index contributed by atoms with van der Waals surface area (Å²) in [6.45, 7) is -0.322. The van der Waals surface area contributed by atoms with E-state index in [2.05, 4.69) is 22.4 Å². The average molecular weight is 344 g/mol. The van der Waals surface area contributed by atoms with Crippen LogP contribution in [0.25, 0.3) is 10.9 Å². The molecule has 0 spiro atoms. The lowest BCUT2D eigenvalue weighted by molar-refractivity contribution is 0.0462. The molecule has 25 heavy (non-hydrogen) atoms. The van der Waals surface area contributed by atoms with Crippen molar-refractivity contribution in [3.63, 3.8) is 0 Å². The summed E-state index contributed by atoms with van der Waals surface area (Å²) in [4.78, 5) is 15.3. The molecule has 2 aliphatic heterocycles. The van der Waals surface area contributed by atoms with Gasteiger partial charge in [-0.25, -0.2) is 4.39 Å². The molecule has 1 aromatic heterocycles. The van der Waals surface area contributed by atoms with Crippen LogP contribution in [0.1, 0.15) is 42.6 Å². The molecule has 3 heterocycles. The summed E-state index contributed by atoms with van der Waals surface area (Å²) in [5.74, 6) is -0.138. The molecule has 1 amide bonds. The molecule has 2 aliphatic rings. The highest BCUT2D eigenvalue weighted by atomic mass is 19.1. The Kier molecular flexibility index (Phi) is 4.46. The molecule has 1 aromatic carbocycles. The number of fused-ring (bicyclic) bond motifs is 3. The van der Waals surface area contributed by atoms with Crippen LogP contribution >= 0.6 is 0 Å². The number of piperidine rings is 2. The number of alkyl halides is 1. The van der Waals surface area contributed by atoms with Gasteiger partial charge in [0.05, 0.1) is 12.1 Å². The number of benzene rings is 1. The van der Waals surface area contributed by atoms with Crippen molar-refractivity contribution in [1.29, 1.82) is 0 Å². The van der Waals surface area contributed by atoms with Gasteiger partial charge in [0.1, 0.15) is 6.67 Å². The van der Waals surface area contributed by atoms with Crippen LogP contribution in [-0.2, 0) is 6.54 Å². The maximum Gasteiger partial charge on any atom is 0.272 e.